The summed E-state index contributed by atoms with van der Waals surface area (Å²) in [6, 6.07) is 0. The summed E-state index contributed by atoms with van der Waals surface area (Å²) >= 11 is 0. The van der Waals surface area contributed by atoms with Gasteiger partial charge in [-0.15, -0.1) is 0 Å². The Hall–Kier alpha value is -1.32. The molecular weight excluding hydrogens is 224 g/mol. The molecule has 0 aromatic carbocycles. The molecule has 0 unspecified atom stereocenters. The van der Waals surface area contributed by atoms with E-state index in [1.54, 1.807) is 6.33 Å². The molecule has 4 nitrogen and oxygen atoms in total. The third-order valence-corrected chi connectivity index (χ3v) is 3.37. The van der Waals surface area contributed by atoms with Gasteiger partial charge in [0.2, 0.25) is 0 Å². The van der Waals surface area contributed by atoms with Crippen LogP contribution < -0.4 is 10.2 Å². The highest BCUT2D eigenvalue weighted by molar-refractivity contribution is 5.57. The van der Waals surface area contributed by atoms with Crippen LogP contribution in [0.3, 0.4) is 0 Å². The number of hydrogen-bond acceptors (Lipinski definition) is 4. The monoisotopic (exact) mass is 248 g/mol. The molecule has 1 aliphatic rings. The molecule has 0 spiro atoms. The topological polar surface area (TPSA) is 41.1 Å². The van der Waals surface area contributed by atoms with Gasteiger partial charge in [-0.2, -0.15) is 0 Å². The minimum Gasteiger partial charge on any atom is -0.370 e. The summed E-state index contributed by atoms with van der Waals surface area (Å²) in [7, 11) is 0. The summed E-state index contributed by atoms with van der Waals surface area (Å²) in [6.07, 6.45) is 5.59. The number of rotatable bonds is 7. The van der Waals surface area contributed by atoms with Crippen LogP contribution in [0.25, 0.3) is 0 Å². The molecule has 1 N–H and O–H groups in total. The lowest BCUT2D eigenvalue weighted by atomic mass is 10.2. The second-order valence-electron chi connectivity index (χ2n) is 5.09. The number of aromatic nitrogens is 2. The maximum atomic E-state index is 4.50. The summed E-state index contributed by atoms with van der Waals surface area (Å²) in [5, 5.41) is 3.30. The Morgan fingerprint density at radius 2 is 2.11 bits per heavy atom. The van der Waals surface area contributed by atoms with Gasteiger partial charge >= 0.3 is 0 Å². The minimum atomic E-state index is 0.883. The van der Waals surface area contributed by atoms with Crippen molar-refractivity contribution in [1.29, 1.82) is 0 Å². The summed E-state index contributed by atoms with van der Waals surface area (Å²) in [5.74, 6) is 2.96. The van der Waals surface area contributed by atoms with E-state index in [9.17, 15) is 0 Å². The molecule has 0 atom stereocenters. The highest BCUT2D eigenvalue weighted by atomic mass is 15.2. The van der Waals surface area contributed by atoms with Crippen LogP contribution >= 0.6 is 0 Å². The Kier molecular flexibility index (Phi) is 4.39. The molecule has 0 bridgehead atoms. The van der Waals surface area contributed by atoms with E-state index in [0.29, 0.717) is 0 Å². The number of nitrogens with one attached hydrogen (secondary N) is 1. The Bertz CT molecular complexity index is 387. The predicted octanol–water partition coefficient (Wildman–Crippen LogP) is 2.84. The lowest BCUT2D eigenvalue weighted by Gasteiger charge is -2.25. The van der Waals surface area contributed by atoms with Crippen LogP contribution in [0.5, 0.6) is 0 Å². The van der Waals surface area contributed by atoms with Crippen molar-refractivity contribution in [2.75, 3.05) is 29.9 Å². The van der Waals surface area contributed by atoms with Crippen LogP contribution in [-0.4, -0.2) is 29.6 Å². The van der Waals surface area contributed by atoms with Gasteiger partial charge < -0.3 is 10.2 Å². The molecule has 1 fully saturated rings. The number of anilines is 2. The third kappa shape index (κ3) is 3.12. The highest BCUT2D eigenvalue weighted by Crippen LogP contribution is 2.32. The smallest absolute Gasteiger partial charge is 0.137 e. The molecule has 100 valence electrons. The van der Waals surface area contributed by atoms with Gasteiger partial charge in [-0.3, -0.25) is 0 Å². The Balaban J connectivity index is 2.19. The van der Waals surface area contributed by atoms with Gasteiger partial charge in [-0.05, 0) is 39.0 Å². The molecule has 0 aliphatic heterocycles. The molecule has 1 heterocycles. The summed E-state index contributed by atoms with van der Waals surface area (Å²) in [5.41, 5.74) is 1.17. The first-order chi connectivity index (χ1) is 8.76. The van der Waals surface area contributed by atoms with Crippen LogP contribution in [0.15, 0.2) is 6.33 Å². The first kappa shape index (κ1) is 13.1. The second kappa shape index (κ2) is 6.03. The molecular formula is C14H24N4. The van der Waals surface area contributed by atoms with Crippen molar-refractivity contribution in [3.8, 4) is 0 Å². The second-order valence-corrected chi connectivity index (χ2v) is 5.09. The molecule has 0 saturated heterocycles. The lowest BCUT2D eigenvalue weighted by Crippen LogP contribution is -2.28. The molecule has 2 rings (SSSR count). The van der Waals surface area contributed by atoms with Crippen LogP contribution in [0, 0.1) is 12.8 Å². The summed E-state index contributed by atoms with van der Waals surface area (Å²) in [6.45, 7) is 9.56. The van der Waals surface area contributed by atoms with Crippen molar-refractivity contribution in [3.63, 3.8) is 0 Å². The molecule has 1 aliphatic carbocycles. The van der Waals surface area contributed by atoms with E-state index in [2.05, 4.69) is 41.0 Å². The normalized spacial score (nSPS) is 14.6. The fraction of sp³-hybridized carbons (Fsp3) is 0.714. The van der Waals surface area contributed by atoms with Gasteiger partial charge in [0.1, 0.15) is 18.0 Å². The minimum absolute atomic E-state index is 0.883. The molecule has 0 amide bonds. The maximum absolute atomic E-state index is 4.50. The predicted molar refractivity (Wildman–Crippen MR) is 76.2 cm³/mol. The van der Waals surface area contributed by atoms with Crippen molar-refractivity contribution < 1.29 is 0 Å². The van der Waals surface area contributed by atoms with E-state index in [1.807, 2.05) is 0 Å². The average molecular weight is 248 g/mol. The van der Waals surface area contributed by atoms with E-state index < -0.39 is 0 Å². The fourth-order valence-corrected chi connectivity index (χ4v) is 2.27. The van der Waals surface area contributed by atoms with Gasteiger partial charge in [-0.25, -0.2) is 9.97 Å². The number of hydrogen-bond donors (Lipinski definition) is 1. The first-order valence-corrected chi connectivity index (χ1v) is 7.06. The molecule has 0 radical (unpaired) electrons. The molecule has 1 aromatic heterocycles. The molecule has 1 saturated carbocycles. The van der Waals surface area contributed by atoms with Gasteiger partial charge in [0, 0.05) is 25.2 Å². The molecule has 18 heavy (non-hydrogen) atoms. The van der Waals surface area contributed by atoms with Crippen molar-refractivity contribution >= 4 is 11.6 Å². The zero-order chi connectivity index (χ0) is 13.0. The van der Waals surface area contributed by atoms with Crippen molar-refractivity contribution in [2.45, 2.75) is 40.0 Å². The van der Waals surface area contributed by atoms with Crippen LogP contribution in [0.2, 0.25) is 0 Å². The van der Waals surface area contributed by atoms with Gasteiger partial charge in [0.15, 0.2) is 0 Å². The molecule has 4 heteroatoms. The fourth-order valence-electron chi connectivity index (χ4n) is 2.27. The zero-order valence-corrected chi connectivity index (χ0v) is 11.7. The standard InChI is InChI=1S/C14H24N4/c1-4-8-18(9-12-6-7-12)14-11(3)13(15-5-2)16-10-17-14/h10,12H,4-9H2,1-3H3,(H,15,16,17). The summed E-state index contributed by atoms with van der Waals surface area (Å²) in [4.78, 5) is 11.2. The highest BCUT2D eigenvalue weighted by Gasteiger charge is 2.25. The van der Waals surface area contributed by atoms with Crippen molar-refractivity contribution in [1.82, 2.24) is 9.97 Å². The quantitative estimate of drug-likeness (QED) is 0.805. The van der Waals surface area contributed by atoms with Gasteiger partial charge in [0.25, 0.3) is 0 Å². The van der Waals surface area contributed by atoms with Gasteiger partial charge in [-0.1, -0.05) is 6.92 Å². The van der Waals surface area contributed by atoms with Gasteiger partial charge in [0.05, 0.1) is 0 Å². The van der Waals surface area contributed by atoms with E-state index in [1.165, 1.54) is 18.4 Å². The Morgan fingerprint density at radius 1 is 1.33 bits per heavy atom. The van der Waals surface area contributed by atoms with E-state index in [0.717, 1.165) is 43.6 Å². The summed E-state index contributed by atoms with van der Waals surface area (Å²) < 4.78 is 0. The van der Waals surface area contributed by atoms with Crippen LogP contribution in [-0.2, 0) is 0 Å². The average Bonchev–Trinajstić information content (AvgIpc) is 3.16. The van der Waals surface area contributed by atoms with E-state index >= 15 is 0 Å². The van der Waals surface area contributed by atoms with Crippen LogP contribution in [0.1, 0.15) is 38.7 Å². The Labute approximate surface area is 110 Å². The first-order valence-electron chi connectivity index (χ1n) is 7.06. The van der Waals surface area contributed by atoms with Crippen LogP contribution in [0.4, 0.5) is 11.6 Å². The molecule has 1 aromatic rings. The number of nitrogens with zero attached hydrogens (tertiary/aromatic N) is 3. The Morgan fingerprint density at radius 3 is 2.72 bits per heavy atom. The lowest BCUT2D eigenvalue weighted by molar-refractivity contribution is 0.695. The van der Waals surface area contributed by atoms with E-state index in [4.69, 9.17) is 0 Å². The third-order valence-electron chi connectivity index (χ3n) is 3.37. The van der Waals surface area contributed by atoms with Crippen molar-refractivity contribution in [3.05, 3.63) is 11.9 Å². The zero-order valence-electron chi connectivity index (χ0n) is 11.7. The largest absolute Gasteiger partial charge is 0.370 e. The van der Waals surface area contributed by atoms with E-state index in [-0.39, 0.29) is 0 Å². The van der Waals surface area contributed by atoms with Crippen molar-refractivity contribution in [2.24, 2.45) is 5.92 Å². The SMILES string of the molecule is CCCN(CC1CC1)c1ncnc(NCC)c1C. The maximum Gasteiger partial charge on any atom is 0.137 e.